The van der Waals surface area contributed by atoms with Crippen molar-refractivity contribution in [1.29, 1.82) is 0 Å². The molecule has 0 amide bonds. The summed E-state index contributed by atoms with van der Waals surface area (Å²) in [6.07, 6.45) is 4.41. The molecule has 0 spiro atoms. The minimum Gasteiger partial charge on any atom is -0.342 e. The molecule has 2 saturated heterocycles. The Bertz CT molecular complexity index is 2820. The van der Waals surface area contributed by atoms with Crippen molar-refractivity contribution in [3.63, 3.8) is 0 Å². The number of hydrogen-bond acceptors (Lipinski definition) is 10. The molecule has 12 rings (SSSR count). The van der Waals surface area contributed by atoms with Gasteiger partial charge in [0.15, 0.2) is 0 Å². The molecule has 4 aliphatic rings. The molecule has 58 heavy (non-hydrogen) atoms. The lowest BCUT2D eigenvalue weighted by Crippen LogP contribution is -2.52. The Hall–Kier alpha value is -6.68. The fraction of sp³-hybridized carbons (Fsp3) is 0.250. The van der Waals surface area contributed by atoms with Crippen LogP contribution in [0.5, 0.6) is 0 Å². The molecule has 8 heterocycles. The molecule has 284 valence electrons. The zero-order valence-electron chi connectivity index (χ0n) is 32.3. The first-order valence-corrected chi connectivity index (χ1v) is 20.8. The molecule has 0 N–H and O–H groups in total. The molecule has 8 aromatic rings. The number of hydrogen-bond donors (Lipinski definition) is 0. The van der Waals surface area contributed by atoms with Crippen LogP contribution in [0.3, 0.4) is 0 Å². The summed E-state index contributed by atoms with van der Waals surface area (Å²) < 4.78 is 0. The van der Waals surface area contributed by atoms with Crippen LogP contribution in [0.4, 0.5) is 11.6 Å². The lowest BCUT2D eigenvalue weighted by molar-refractivity contribution is 0.359. The van der Waals surface area contributed by atoms with Crippen LogP contribution in [-0.4, -0.2) is 94.0 Å². The molecule has 0 radical (unpaired) electrons. The lowest BCUT2D eigenvalue weighted by atomic mass is 9.95. The van der Waals surface area contributed by atoms with E-state index in [0.29, 0.717) is 0 Å². The number of guanidine groups is 2. The Morgan fingerprint density at radius 1 is 0.362 bits per heavy atom. The molecular formula is C48H42N10. The van der Waals surface area contributed by atoms with E-state index in [4.69, 9.17) is 29.9 Å². The first-order chi connectivity index (χ1) is 28.7. The van der Waals surface area contributed by atoms with Crippen molar-refractivity contribution in [3.05, 3.63) is 109 Å². The van der Waals surface area contributed by atoms with Crippen LogP contribution in [-0.2, 0) is 0 Å². The first-order valence-electron chi connectivity index (χ1n) is 20.8. The highest BCUT2D eigenvalue weighted by Crippen LogP contribution is 2.37. The quantitative estimate of drug-likeness (QED) is 0.165. The molecular weight excluding hydrogens is 717 g/mol. The third-order valence-electron chi connectivity index (χ3n) is 12.4. The van der Waals surface area contributed by atoms with Gasteiger partial charge in [-0.3, -0.25) is 19.8 Å². The normalized spacial score (nSPS) is 17.2. The van der Waals surface area contributed by atoms with Crippen molar-refractivity contribution in [2.24, 2.45) is 9.98 Å². The molecule has 4 aromatic carbocycles. The van der Waals surface area contributed by atoms with Crippen LogP contribution in [0, 0.1) is 0 Å². The second-order valence-electron chi connectivity index (χ2n) is 15.9. The molecule has 10 nitrogen and oxygen atoms in total. The largest absolute Gasteiger partial charge is 0.342 e. The standard InChI is InChI=1S/C48H42N10/c1-7-35-36(37(9-1)39-19-15-31-11-13-33-17-21-41(53-45(33)43(31)51-39)57-29-5-27-55-25-3-23-49-47(55)57)8-2-10-38(35)40-20-16-32-12-14-34-18-22-42(54-46(34)44(32)52-40)58-30-6-28-56-26-4-24-50-48(56)58/h1-2,7-22H,3-6,23-30H2. The molecule has 4 aliphatic heterocycles. The van der Waals surface area contributed by atoms with Crippen LogP contribution in [0.15, 0.2) is 119 Å². The van der Waals surface area contributed by atoms with Gasteiger partial charge in [0.25, 0.3) is 0 Å². The van der Waals surface area contributed by atoms with Crippen molar-refractivity contribution in [2.45, 2.75) is 25.7 Å². The second-order valence-corrected chi connectivity index (χ2v) is 15.9. The maximum absolute atomic E-state index is 5.38. The SMILES string of the molecule is c1cc(-c2ccc3ccc4ccc(N5CCCN6CCCN=C65)nc4c3n2)c2cccc(-c3ccc4ccc5ccc(N6CCCN7CCCN=C76)nc5c4n3)c2c1. The van der Waals surface area contributed by atoms with E-state index in [1.54, 1.807) is 0 Å². The van der Waals surface area contributed by atoms with E-state index in [1.807, 2.05) is 0 Å². The van der Waals surface area contributed by atoms with Crippen molar-refractivity contribution in [3.8, 4) is 22.5 Å². The fourth-order valence-corrected chi connectivity index (χ4v) is 9.56. The maximum Gasteiger partial charge on any atom is 0.202 e. The van der Waals surface area contributed by atoms with E-state index in [0.717, 1.165) is 178 Å². The van der Waals surface area contributed by atoms with Gasteiger partial charge in [-0.15, -0.1) is 0 Å². The van der Waals surface area contributed by atoms with Crippen LogP contribution in [0.1, 0.15) is 25.7 Å². The number of benzene rings is 4. The van der Waals surface area contributed by atoms with Crippen LogP contribution in [0.2, 0.25) is 0 Å². The van der Waals surface area contributed by atoms with Crippen LogP contribution >= 0.6 is 0 Å². The second kappa shape index (κ2) is 13.5. The van der Waals surface area contributed by atoms with Gasteiger partial charge in [-0.1, -0.05) is 72.8 Å². The summed E-state index contributed by atoms with van der Waals surface area (Å²) in [5.74, 6) is 3.99. The Labute approximate surface area is 336 Å². The molecule has 0 atom stereocenters. The Morgan fingerprint density at radius 3 is 1.22 bits per heavy atom. The highest BCUT2D eigenvalue weighted by Gasteiger charge is 2.29. The fourth-order valence-electron chi connectivity index (χ4n) is 9.56. The van der Waals surface area contributed by atoms with Gasteiger partial charge >= 0.3 is 0 Å². The number of nitrogens with zero attached hydrogens (tertiary/aromatic N) is 10. The van der Waals surface area contributed by atoms with Crippen molar-refractivity contribution in [2.75, 3.05) is 62.2 Å². The average Bonchev–Trinajstić information content (AvgIpc) is 3.30. The van der Waals surface area contributed by atoms with Gasteiger partial charge in [-0.25, -0.2) is 19.9 Å². The van der Waals surface area contributed by atoms with Gasteiger partial charge in [-0.2, -0.15) is 0 Å². The average molecular weight is 759 g/mol. The predicted molar refractivity (Wildman–Crippen MR) is 237 cm³/mol. The highest BCUT2D eigenvalue weighted by molar-refractivity contribution is 6.09. The first kappa shape index (κ1) is 33.5. The monoisotopic (exact) mass is 758 g/mol. The van der Waals surface area contributed by atoms with Crippen LogP contribution in [0.25, 0.3) is 76.9 Å². The van der Waals surface area contributed by atoms with Gasteiger partial charge in [0, 0.05) is 85.0 Å². The van der Waals surface area contributed by atoms with Crippen molar-refractivity contribution in [1.82, 2.24) is 29.7 Å². The van der Waals surface area contributed by atoms with Crippen molar-refractivity contribution >= 4 is 77.9 Å². The molecule has 4 aromatic heterocycles. The Morgan fingerprint density at radius 2 is 0.759 bits per heavy atom. The number of anilines is 2. The zero-order valence-corrected chi connectivity index (χ0v) is 32.3. The number of aliphatic imine (C=N–C) groups is 2. The summed E-state index contributed by atoms with van der Waals surface area (Å²) >= 11 is 0. The molecule has 0 saturated carbocycles. The Kier molecular flexibility index (Phi) is 7.77. The summed E-state index contributed by atoms with van der Waals surface area (Å²) in [4.78, 5) is 40.6. The van der Waals surface area contributed by atoms with Gasteiger partial charge < -0.3 is 9.80 Å². The summed E-state index contributed by atoms with van der Waals surface area (Å²) in [5.41, 5.74) is 7.65. The van der Waals surface area contributed by atoms with E-state index in [1.165, 1.54) is 0 Å². The topological polar surface area (TPSA) is 89.2 Å². The maximum atomic E-state index is 5.38. The van der Waals surface area contributed by atoms with Crippen LogP contribution < -0.4 is 9.80 Å². The summed E-state index contributed by atoms with van der Waals surface area (Å²) in [7, 11) is 0. The van der Waals surface area contributed by atoms with E-state index in [9.17, 15) is 0 Å². The molecule has 2 fully saturated rings. The lowest BCUT2D eigenvalue weighted by Gasteiger charge is -2.40. The van der Waals surface area contributed by atoms with Crippen molar-refractivity contribution < 1.29 is 0 Å². The summed E-state index contributed by atoms with van der Waals surface area (Å²) in [6.45, 7) is 7.82. The van der Waals surface area contributed by atoms with Gasteiger partial charge in [0.2, 0.25) is 11.9 Å². The number of pyridine rings is 4. The molecule has 10 heteroatoms. The Balaban J connectivity index is 0.951. The third kappa shape index (κ3) is 5.45. The number of rotatable bonds is 4. The zero-order chi connectivity index (χ0) is 38.2. The highest BCUT2D eigenvalue weighted by atomic mass is 15.4. The third-order valence-corrected chi connectivity index (χ3v) is 12.4. The predicted octanol–water partition coefficient (Wildman–Crippen LogP) is 8.91. The molecule has 0 bridgehead atoms. The van der Waals surface area contributed by atoms with E-state index >= 15 is 0 Å². The van der Waals surface area contributed by atoms with E-state index in [2.05, 4.69) is 129 Å². The summed E-state index contributed by atoms with van der Waals surface area (Å²) in [6, 6.07) is 38.9. The smallest absolute Gasteiger partial charge is 0.202 e. The number of fused-ring (bicyclic) bond motifs is 9. The summed E-state index contributed by atoms with van der Waals surface area (Å²) in [5, 5.41) is 6.58. The van der Waals surface area contributed by atoms with Gasteiger partial charge in [0.1, 0.15) is 11.6 Å². The minimum atomic E-state index is 0.872. The van der Waals surface area contributed by atoms with Gasteiger partial charge in [-0.05, 0) is 72.9 Å². The van der Waals surface area contributed by atoms with E-state index < -0.39 is 0 Å². The molecule has 0 unspecified atom stereocenters. The number of aromatic nitrogens is 4. The molecule has 0 aliphatic carbocycles. The minimum absolute atomic E-state index is 0.872. The van der Waals surface area contributed by atoms with Gasteiger partial charge in [0.05, 0.1) is 33.5 Å². The van der Waals surface area contributed by atoms with E-state index in [-0.39, 0.29) is 0 Å².